The van der Waals surface area contributed by atoms with Gasteiger partial charge in [0.2, 0.25) is 0 Å². The molecule has 0 radical (unpaired) electrons. The van der Waals surface area contributed by atoms with Crippen molar-refractivity contribution in [3.05, 3.63) is 23.8 Å². The van der Waals surface area contributed by atoms with Gasteiger partial charge in [-0.1, -0.05) is 12.1 Å². The summed E-state index contributed by atoms with van der Waals surface area (Å²) >= 11 is 0. The van der Waals surface area contributed by atoms with Gasteiger partial charge in [-0.15, -0.1) is 0 Å². The van der Waals surface area contributed by atoms with E-state index >= 15 is 0 Å². The maximum atomic E-state index is 6.06. The fourth-order valence-corrected chi connectivity index (χ4v) is 3.32. The Kier molecular flexibility index (Phi) is 2.71. The first kappa shape index (κ1) is 10.9. The second kappa shape index (κ2) is 4.22. The standard InChI is InChI=1S/C14H21N3/c1-10-4-2-5-11(15)14(10)16-12-7-9-17-8-3-6-13(12)17/h2,4-5,12-13,16H,3,6-9,15H2,1H3. The third-order valence-corrected chi connectivity index (χ3v) is 4.24. The van der Waals surface area contributed by atoms with Gasteiger partial charge in [-0.05, 0) is 44.4 Å². The van der Waals surface area contributed by atoms with E-state index < -0.39 is 0 Å². The zero-order valence-corrected chi connectivity index (χ0v) is 10.4. The van der Waals surface area contributed by atoms with Gasteiger partial charge in [-0.3, -0.25) is 4.90 Å². The van der Waals surface area contributed by atoms with Crippen LogP contribution in [0.15, 0.2) is 18.2 Å². The van der Waals surface area contributed by atoms with E-state index in [1.165, 1.54) is 37.9 Å². The lowest BCUT2D eigenvalue weighted by atomic mass is 10.0. The molecule has 3 N–H and O–H groups in total. The Balaban J connectivity index is 1.79. The van der Waals surface area contributed by atoms with Gasteiger partial charge in [0.15, 0.2) is 0 Å². The van der Waals surface area contributed by atoms with Crippen LogP contribution in [-0.4, -0.2) is 30.1 Å². The molecule has 0 bridgehead atoms. The van der Waals surface area contributed by atoms with E-state index in [0.29, 0.717) is 6.04 Å². The predicted octanol–water partition coefficient (Wildman–Crippen LogP) is 2.23. The number of hydrogen-bond acceptors (Lipinski definition) is 3. The van der Waals surface area contributed by atoms with Crippen molar-refractivity contribution in [1.82, 2.24) is 4.90 Å². The molecule has 2 atom stereocenters. The van der Waals surface area contributed by atoms with E-state index in [4.69, 9.17) is 5.73 Å². The second-order valence-corrected chi connectivity index (χ2v) is 5.32. The molecule has 0 aliphatic carbocycles. The van der Waals surface area contributed by atoms with Gasteiger partial charge in [0.1, 0.15) is 0 Å². The third-order valence-electron chi connectivity index (χ3n) is 4.24. The third kappa shape index (κ3) is 1.89. The van der Waals surface area contributed by atoms with Crippen LogP contribution in [0, 0.1) is 6.92 Å². The number of aryl methyl sites for hydroxylation is 1. The van der Waals surface area contributed by atoms with Crippen molar-refractivity contribution in [2.45, 2.75) is 38.3 Å². The van der Waals surface area contributed by atoms with Gasteiger partial charge in [0, 0.05) is 18.6 Å². The lowest BCUT2D eigenvalue weighted by molar-refractivity contribution is 0.318. The molecule has 1 aromatic carbocycles. The molecule has 0 aromatic heterocycles. The number of nitrogens with two attached hydrogens (primary N) is 1. The molecule has 92 valence electrons. The first-order chi connectivity index (χ1) is 8.25. The fourth-order valence-electron chi connectivity index (χ4n) is 3.32. The normalized spacial score (nSPS) is 28.3. The van der Waals surface area contributed by atoms with Crippen molar-refractivity contribution in [1.29, 1.82) is 0 Å². The topological polar surface area (TPSA) is 41.3 Å². The van der Waals surface area contributed by atoms with Crippen LogP contribution in [0.2, 0.25) is 0 Å². The molecule has 2 fully saturated rings. The van der Waals surface area contributed by atoms with Crippen LogP contribution in [0.3, 0.4) is 0 Å². The van der Waals surface area contributed by atoms with Gasteiger partial charge < -0.3 is 11.1 Å². The molecule has 3 nitrogen and oxygen atoms in total. The summed E-state index contributed by atoms with van der Waals surface area (Å²) in [5, 5.41) is 3.68. The first-order valence-electron chi connectivity index (χ1n) is 6.61. The molecular weight excluding hydrogens is 210 g/mol. The average molecular weight is 231 g/mol. The van der Waals surface area contributed by atoms with E-state index in [0.717, 1.165) is 17.4 Å². The van der Waals surface area contributed by atoms with Crippen molar-refractivity contribution in [3.8, 4) is 0 Å². The highest BCUT2D eigenvalue weighted by atomic mass is 15.2. The van der Waals surface area contributed by atoms with Crippen LogP contribution in [0.1, 0.15) is 24.8 Å². The Labute approximate surface area is 103 Å². The molecule has 3 heteroatoms. The van der Waals surface area contributed by atoms with Crippen LogP contribution in [-0.2, 0) is 0 Å². The number of nitrogens with one attached hydrogen (secondary N) is 1. The van der Waals surface area contributed by atoms with Crippen LogP contribution in [0.5, 0.6) is 0 Å². The number of fused-ring (bicyclic) bond motifs is 1. The number of hydrogen-bond donors (Lipinski definition) is 2. The molecule has 0 amide bonds. The van der Waals surface area contributed by atoms with Crippen LogP contribution in [0.4, 0.5) is 11.4 Å². The van der Waals surface area contributed by atoms with Crippen LogP contribution in [0.25, 0.3) is 0 Å². The monoisotopic (exact) mass is 231 g/mol. The number of nitrogen functional groups attached to an aromatic ring is 1. The van der Waals surface area contributed by atoms with Gasteiger partial charge in [-0.25, -0.2) is 0 Å². The summed E-state index contributed by atoms with van der Waals surface area (Å²) in [6, 6.07) is 7.44. The number of anilines is 2. The van der Waals surface area contributed by atoms with Gasteiger partial charge in [0.25, 0.3) is 0 Å². The first-order valence-corrected chi connectivity index (χ1v) is 6.61. The average Bonchev–Trinajstić information content (AvgIpc) is 2.87. The number of benzene rings is 1. The molecule has 2 aliphatic rings. The summed E-state index contributed by atoms with van der Waals surface area (Å²) in [5.74, 6) is 0. The Morgan fingerprint density at radius 1 is 1.29 bits per heavy atom. The Hall–Kier alpha value is -1.22. The quantitative estimate of drug-likeness (QED) is 0.767. The molecule has 2 saturated heterocycles. The van der Waals surface area contributed by atoms with E-state index in [2.05, 4.69) is 23.2 Å². The van der Waals surface area contributed by atoms with Gasteiger partial charge in [0.05, 0.1) is 11.4 Å². The summed E-state index contributed by atoms with van der Waals surface area (Å²) in [7, 11) is 0. The van der Waals surface area contributed by atoms with Gasteiger partial charge in [-0.2, -0.15) is 0 Å². The minimum absolute atomic E-state index is 0.584. The van der Waals surface area contributed by atoms with Crippen molar-refractivity contribution in [2.75, 3.05) is 24.1 Å². The summed E-state index contributed by atoms with van der Waals surface area (Å²) in [4.78, 5) is 2.62. The van der Waals surface area contributed by atoms with Crippen molar-refractivity contribution in [2.24, 2.45) is 0 Å². The molecular formula is C14H21N3. The molecule has 1 aromatic rings. The predicted molar refractivity (Wildman–Crippen MR) is 72.2 cm³/mol. The summed E-state index contributed by atoms with van der Waals surface area (Å²) < 4.78 is 0. The summed E-state index contributed by atoms with van der Waals surface area (Å²) in [6.07, 6.45) is 3.94. The fraction of sp³-hybridized carbons (Fsp3) is 0.571. The Morgan fingerprint density at radius 3 is 3.00 bits per heavy atom. The highest BCUT2D eigenvalue weighted by Gasteiger charge is 2.37. The molecule has 2 aliphatic heterocycles. The van der Waals surface area contributed by atoms with E-state index in [-0.39, 0.29) is 0 Å². The van der Waals surface area contributed by atoms with Gasteiger partial charge >= 0.3 is 0 Å². The molecule has 2 heterocycles. The van der Waals surface area contributed by atoms with E-state index in [1.807, 2.05) is 12.1 Å². The largest absolute Gasteiger partial charge is 0.397 e. The van der Waals surface area contributed by atoms with Crippen molar-refractivity contribution >= 4 is 11.4 Å². The molecule has 0 saturated carbocycles. The van der Waals surface area contributed by atoms with Crippen molar-refractivity contribution in [3.63, 3.8) is 0 Å². The maximum absolute atomic E-state index is 6.06. The highest BCUT2D eigenvalue weighted by Crippen LogP contribution is 2.32. The SMILES string of the molecule is Cc1cccc(N)c1NC1CCN2CCCC12. The van der Waals surface area contributed by atoms with Crippen LogP contribution < -0.4 is 11.1 Å². The molecule has 2 unspecified atom stereocenters. The molecule has 17 heavy (non-hydrogen) atoms. The van der Waals surface area contributed by atoms with E-state index in [1.54, 1.807) is 0 Å². The highest BCUT2D eigenvalue weighted by molar-refractivity contribution is 5.70. The van der Waals surface area contributed by atoms with Crippen molar-refractivity contribution < 1.29 is 0 Å². The Bertz CT molecular complexity index is 396. The number of para-hydroxylation sites is 1. The summed E-state index contributed by atoms with van der Waals surface area (Å²) in [5.41, 5.74) is 9.33. The summed E-state index contributed by atoms with van der Waals surface area (Å²) in [6.45, 7) is 4.65. The minimum atomic E-state index is 0.584. The second-order valence-electron chi connectivity index (χ2n) is 5.32. The van der Waals surface area contributed by atoms with E-state index in [9.17, 15) is 0 Å². The zero-order chi connectivity index (χ0) is 11.8. The maximum Gasteiger partial charge on any atom is 0.0606 e. The zero-order valence-electron chi connectivity index (χ0n) is 10.4. The lowest BCUT2D eigenvalue weighted by Gasteiger charge is -2.24. The lowest BCUT2D eigenvalue weighted by Crippen LogP contribution is -2.34. The number of nitrogens with zero attached hydrogens (tertiary/aromatic N) is 1. The molecule has 3 rings (SSSR count). The smallest absolute Gasteiger partial charge is 0.0606 e. The number of rotatable bonds is 2. The Morgan fingerprint density at radius 2 is 2.18 bits per heavy atom. The van der Waals surface area contributed by atoms with Crippen LogP contribution >= 0.6 is 0 Å². The minimum Gasteiger partial charge on any atom is -0.397 e. The molecule has 0 spiro atoms.